The normalized spacial score (nSPS) is 16.8. The van der Waals surface area contributed by atoms with E-state index >= 15 is 0 Å². The lowest BCUT2D eigenvalue weighted by Crippen LogP contribution is -2.52. The molecule has 1 aliphatic heterocycles. The Balaban J connectivity index is 1.80. The van der Waals surface area contributed by atoms with Crippen molar-refractivity contribution in [3.8, 4) is 5.75 Å². The van der Waals surface area contributed by atoms with Gasteiger partial charge in [-0.3, -0.25) is 9.69 Å². The van der Waals surface area contributed by atoms with E-state index in [0.29, 0.717) is 38.5 Å². The van der Waals surface area contributed by atoms with Gasteiger partial charge in [0.1, 0.15) is 5.75 Å². The average Bonchev–Trinajstić information content (AvgIpc) is 2.57. The molecule has 1 saturated heterocycles. The van der Waals surface area contributed by atoms with Crippen LogP contribution in [0.15, 0.2) is 24.3 Å². The summed E-state index contributed by atoms with van der Waals surface area (Å²) in [5.74, 6) is 0.645. The van der Waals surface area contributed by atoms with Gasteiger partial charge in [0.05, 0.1) is 13.2 Å². The van der Waals surface area contributed by atoms with E-state index in [4.69, 9.17) is 4.74 Å². The van der Waals surface area contributed by atoms with Crippen LogP contribution in [0.1, 0.15) is 6.92 Å². The zero-order chi connectivity index (χ0) is 18.4. The zero-order valence-corrected chi connectivity index (χ0v) is 15.8. The van der Waals surface area contributed by atoms with E-state index in [1.807, 2.05) is 24.0 Å². The molecule has 1 heterocycles. The molecule has 0 bridgehead atoms. The fourth-order valence-electron chi connectivity index (χ4n) is 2.55. The number of carbonyl (C=O) groups is 1. The van der Waals surface area contributed by atoms with Gasteiger partial charge in [0.2, 0.25) is 5.91 Å². The molecule has 1 aromatic rings. The minimum absolute atomic E-state index is 0.118. The molecule has 0 spiro atoms. The van der Waals surface area contributed by atoms with Crippen LogP contribution in [-0.2, 0) is 15.0 Å². The Morgan fingerprint density at radius 2 is 1.76 bits per heavy atom. The van der Waals surface area contributed by atoms with Crippen molar-refractivity contribution in [2.24, 2.45) is 0 Å². The van der Waals surface area contributed by atoms with Gasteiger partial charge in [-0.15, -0.1) is 0 Å². The Kier molecular flexibility index (Phi) is 6.77. The largest absolute Gasteiger partial charge is 0.494 e. The van der Waals surface area contributed by atoms with Crippen molar-refractivity contribution in [3.63, 3.8) is 0 Å². The first-order chi connectivity index (χ1) is 11.8. The van der Waals surface area contributed by atoms with Gasteiger partial charge in [-0.05, 0) is 31.2 Å². The smallest absolute Gasteiger partial charge is 0.281 e. The number of anilines is 1. The van der Waals surface area contributed by atoms with E-state index in [1.54, 1.807) is 12.1 Å². The molecule has 1 aromatic carbocycles. The number of hydrogen-bond acceptors (Lipinski definition) is 5. The second kappa shape index (κ2) is 8.61. The highest BCUT2D eigenvalue weighted by Crippen LogP contribution is 2.16. The number of nitrogens with one attached hydrogen (secondary N) is 1. The fraction of sp³-hybridized carbons (Fsp3) is 0.562. The first-order valence-corrected chi connectivity index (χ1v) is 9.65. The summed E-state index contributed by atoms with van der Waals surface area (Å²) in [6.07, 6.45) is 0. The van der Waals surface area contributed by atoms with Crippen molar-refractivity contribution in [3.05, 3.63) is 24.3 Å². The van der Waals surface area contributed by atoms with E-state index in [0.717, 1.165) is 5.75 Å². The lowest BCUT2D eigenvalue weighted by atomic mass is 10.3. The van der Waals surface area contributed by atoms with Crippen LogP contribution >= 0.6 is 0 Å². The van der Waals surface area contributed by atoms with Crippen molar-refractivity contribution in [1.29, 1.82) is 0 Å². The molecule has 0 unspecified atom stereocenters. The van der Waals surface area contributed by atoms with Crippen molar-refractivity contribution >= 4 is 21.8 Å². The Labute approximate surface area is 149 Å². The molecule has 8 nitrogen and oxygen atoms in total. The third-order valence-corrected chi connectivity index (χ3v) is 5.88. The molecular weight excluding hydrogens is 344 g/mol. The van der Waals surface area contributed by atoms with Gasteiger partial charge in [-0.1, -0.05) is 0 Å². The number of ether oxygens (including phenoxy) is 1. The summed E-state index contributed by atoms with van der Waals surface area (Å²) in [4.78, 5) is 14.1. The van der Waals surface area contributed by atoms with Gasteiger partial charge < -0.3 is 10.1 Å². The van der Waals surface area contributed by atoms with Crippen LogP contribution in [0, 0.1) is 0 Å². The maximum absolute atomic E-state index is 12.2. The lowest BCUT2D eigenvalue weighted by molar-refractivity contribution is -0.117. The quantitative estimate of drug-likeness (QED) is 0.754. The molecule has 0 aromatic heterocycles. The molecule has 0 radical (unpaired) electrons. The van der Waals surface area contributed by atoms with Crippen molar-refractivity contribution in [1.82, 2.24) is 13.5 Å². The molecule has 2 rings (SSSR count). The molecule has 9 heteroatoms. The Bertz CT molecular complexity index is 668. The summed E-state index contributed by atoms with van der Waals surface area (Å²) in [5, 5.41) is 2.84. The van der Waals surface area contributed by atoms with Gasteiger partial charge in [-0.2, -0.15) is 17.0 Å². The molecule has 0 atom stereocenters. The maximum atomic E-state index is 12.2. The number of carbonyl (C=O) groups excluding carboxylic acids is 1. The van der Waals surface area contributed by atoms with Crippen LogP contribution in [0.3, 0.4) is 0 Å². The predicted octanol–water partition coefficient (Wildman–Crippen LogP) is 0.448. The zero-order valence-electron chi connectivity index (χ0n) is 14.9. The maximum Gasteiger partial charge on any atom is 0.281 e. The van der Waals surface area contributed by atoms with Crippen LogP contribution in [0.4, 0.5) is 5.69 Å². The minimum atomic E-state index is -3.38. The number of amides is 1. The third kappa shape index (κ3) is 5.40. The second-order valence-electron chi connectivity index (χ2n) is 5.97. The monoisotopic (exact) mass is 370 g/mol. The minimum Gasteiger partial charge on any atom is -0.494 e. The third-order valence-electron chi connectivity index (χ3n) is 3.94. The van der Waals surface area contributed by atoms with Crippen LogP contribution in [0.25, 0.3) is 0 Å². The van der Waals surface area contributed by atoms with Gasteiger partial charge in [0.15, 0.2) is 0 Å². The molecule has 1 N–H and O–H groups in total. The van der Waals surface area contributed by atoms with E-state index in [9.17, 15) is 13.2 Å². The first kappa shape index (κ1) is 19.6. The number of hydrogen-bond donors (Lipinski definition) is 1. The summed E-state index contributed by atoms with van der Waals surface area (Å²) < 4.78 is 32.2. The van der Waals surface area contributed by atoms with Crippen molar-refractivity contribution < 1.29 is 17.9 Å². The number of piperazine rings is 1. The van der Waals surface area contributed by atoms with Gasteiger partial charge >= 0.3 is 0 Å². The number of rotatable bonds is 7. The highest BCUT2D eigenvalue weighted by atomic mass is 32.2. The highest BCUT2D eigenvalue weighted by molar-refractivity contribution is 7.86. The predicted molar refractivity (Wildman–Crippen MR) is 96.9 cm³/mol. The van der Waals surface area contributed by atoms with Gasteiger partial charge in [-0.25, -0.2) is 0 Å². The van der Waals surface area contributed by atoms with E-state index in [1.165, 1.54) is 22.7 Å². The Morgan fingerprint density at radius 3 is 2.28 bits per heavy atom. The topological polar surface area (TPSA) is 82.2 Å². The van der Waals surface area contributed by atoms with E-state index < -0.39 is 10.2 Å². The molecule has 25 heavy (non-hydrogen) atoms. The highest BCUT2D eigenvalue weighted by Gasteiger charge is 2.29. The summed E-state index contributed by atoms with van der Waals surface area (Å²) in [5.41, 5.74) is 0.710. The summed E-state index contributed by atoms with van der Waals surface area (Å²) in [7, 11) is -0.342. The van der Waals surface area contributed by atoms with Crippen LogP contribution in [0.2, 0.25) is 0 Å². The van der Waals surface area contributed by atoms with Gasteiger partial charge in [0, 0.05) is 46.0 Å². The lowest BCUT2D eigenvalue weighted by Gasteiger charge is -2.34. The standard InChI is InChI=1S/C16H26N4O4S/c1-4-24-15-7-5-14(6-8-15)17-16(21)13-19-9-11-20(12-10-19)25(22,23)18(2)3/h5-8H,4,9-13H2,1-3H3,(H,17,21). The van der Waals surface area contributed by atoms with Crippen LogP contribution in [0.5, 0.6) is 5.75 Å². The van der Waals surface area contributed by atoms with Gasteiger partial charge in [0.25, 0.3) is 10.2 Å². The Hall–Kier alpha value is -1.68. The first-order valence-electron chi connectivity index (χ1n) is 8.25. The second-order valence-corrected chi connectivity index (χ2v) is 8.11. The van der Waals surface area contributed by atoms with E-state index in [-0.39, 0.29) is 12.5 Å². The van der Waals surface area contributed by atoms with Crippen LogP contribution < -0.4 is 10.1 Å². The van der Waals surface area contributed by atoms with E-state index in [2.05, 4.69) is 5.32 Å². The SMILES string of the molecule is CCOc1ccc(NC(=O)CN2CCN(S(=O)(=O)N(C)C)CC2)cc1. The Morgan fingerprint density at radius 1 is 1.16 bits per heavy atom. The number of benzene rings is 1. The molecule has 1 aliphatic rings. The summed E-state index contributed by atoms with van der Waals surface area (Å²) in [6.45, 7) is 4.59. The average molecular weight is 370 g/mol. The molecule has 1 amide bonds. The van der Waals surface area contributed by atoms with Crippen molar-refractivity contribution in [2.75, 3.05) is 58.7 Å². The van der Waals surface area contributed by atoms with Crippen molar-refractivity contribution in [2.45, 2.75) is 6.92 Å². The molecule has 140 valence electrons. The molecule has 0 saturated carbocycles. The summed E-state index contributed by atoms with van der Waals surface area (Å²) in [6, 6.07) is 7.21. The number of nitrogens with zero attached hydrogens (tertiary/aromatic N) is 3. The molecule has 1 fully saturated rings. The van der Waals surface area contributed by atoms with Crippen LogP contribution in [-0.4, -0.2) is 81.3 Å². The molecule has 0 aliphatic carbocycles. The molecular formula is C16H26N4O4S. The summed E-state index contributed by atoms with van der Waals surface area (Å²) >= 11 is 0. The fourth-order valence-corrected chi connectivity index (χ4v) is 3.64.